The lowest BCUT2D eigenvalue weighted by Crippen LogP contribution is -2.56. The van der Waals surface area contributed by atoms with Crippen LogP contribution in [-0.4, -0.2) is 56.1 Å². The van der Waals surface area contributed by atoms with E-state index in [1.54, 1.807) is 6.92 Å². The standard InChI is InChI=1S/C12H14N6O2S/c1-8-12(20)13-4-5-17(8)10(19)7-18-15-11(14-16-18)9-3-2-6-21-9/h2-3,6,8H,4-5,7H2,1H3,(H,13,20). The smallest absolute Gasteiger partial charge is 0.246 e. The number of aromatic nitrogens is 4. The van der Waals surface area contributed by atoms with Crippen LogP contribution < -0.4 is 5.32 Å². The average molecular weight is 306 g/mol. The van der Waals surface area contributed by atoms with Crippen molar-refractivity contribution in [3.63, 3.8) is 0 Å². The topological polar surface area (TPSA) is 93.0 Å². The third-order valence-electron chi connectivity index (χ3n) is 3.29. The molecule has 0 radical (unpaired) electrons. The average Bonchev–Trinajstić information content (AvgIpc) is 3.12. The number of hydrogen-bond donors (Lipinski definition) is 1. The summed E-state index contributed by atoms with van der Waals surface area (Å²) < 4.78 is 0. The number of nitrogens with one attached hydrogen (secondary N) is 1. The van der Waals surface area contributed by atoms with Gasteiger partial charge in [-0.25, -0.2) is 0 Å². The lowest BCUT2D eigenvalue weighted by molar-refractivity contribution is -0.143. The Morgan fingerprint density at radius 3 is 3.19 bits per heavy atom. The summed E-state index contributed by atoms with van der Waals surface area (Å²) in [5.74, 6) is 0.176. The van der Waals surface area contributed by atoms with Gasteiger partial charge in [-0.2, -0.15) is 4.80 Å². The quantitative estimate of drug-likeness (QED) is 0.844. The molecule has 110 valence electrons. The number of carbonyl (C=O) groups is 2. The van der Waals surface area contributed by atoms with Crippen LogP contribution in [0.3, 0.4) is 0 Å². The molecule has 0 bridgehead atoms. The molecule has 21 heavy (non-hydrogen) atoms. The van der Waals surface area contributed by atoms with E-state index in [1.165, 1.54) is 21.0 Å². The number of tetrazole rings is 1. The van der Waals surface area contributed by atoms with Crippen LogP contribution in [0.25, 0.3) is 10.7 Å². The molecule has 0 saturated carbocycles. The van der Waals surface area contributed by atoms with Crippen LogP contribution in [0, 0.1) is 0 Å². The van der Waals surface area contributed by atoms with E-state index in [9.17, 15) is 9.59 Å². The van der Waals surface area contributed by atoms with E-state index in [1.807, 2.05) is 17.5 Å². The number of carbonyl (C=O) groups excluding carboxylic acids is 2. The zero-order valence-corrected chi connectivity index (χ0v) is 12.2. The summed E-state index contributed by atoms with van der Waals surface area (Å²) in [6.07, 6.45) is 0. The molecule has 1 aliphatic heterocycles. The van der Waals surface area contributed by atoms with Gasteiger partial charge in [0.15, 0.2) is 0 Å². The summed E-state index contributed by atoms with van der Waals surface area (Å²) in [5.41, 5.74) is 0. The Morgan fingerprint density at radius 2 is 2.43 bits per heavy atom. The van der Waals surface area contributed by atoms with Crippen LogP contribution in [0.4, 0.5) is 0 Å². The van der Waals surface area contributed by atoms with Crippen molar-refractivity contribution in [1.29, 1.82) is 0 Å². The normalized spacial score (nSPS) is 18.6. The van der Waals surface area contributed by atoms with E-state index >= 15 is 0 Å². The molecule has 0 aromatic carbocycles. The van der Waals surface area contributed by atoms with E-state index in [0.717, 1.165) is 4.88 Å². The number of amides is 2. The molecule has 1 unspecified atom stereocenters. The lowest BCUT2D eigenvalue weighted by Gasteiger charge is -2.32. The van der Waals surface area contributed by atoms with Gasteiger partial charge in [-0.3, -0.25) is 9.59 Å². The Morgan fingerprint density at radius 1 is 1.57 bits per heavy atom. The summed E-state index contributed by atoms with van der Waals surface area (Å²) in [7, 11) is 0. The molecule has 3 heterocycles. The molecular formula is C12H14N6O2S. The highest BCUT2D eigenvalue weighted by Gasteiger charge is 2.29. The fourth-order valence-electron chi connectivity index (χ4n) is 2.15. The van der Waals surface area contributed by atoms with Crippen LogP contribution in [0.15, 0.2) is 17.5 Å². The number of rotatable bonds is 3. The van der Waals surface area contributed by atoms with Crippen molar-refractivity contribution < 1.29 is 9.59 Å². The largest absolute Gasteiger partial charge is 0.353 e. The van der Waals surface area contributed by atoms with Gasteiger partial charge < -0.3 is 10.2 Å². The molecule has 1 N–H and O–H groups in total. The van der Waals surface area contributed by atoms with Crippen molar-refractivity contribution in [2.45, 2.75) is 19.5 Å². The van der Waals surface area contributed by atoms with E-state index in [4.69, 9.17) is 0 Å². The van der Waals surface area contributed by atoms with Gasteiger partial charge in [-0.15, -0.1) is 21.5 Å². The third-order valence-corrected chi connectivity index (χ3v) is 4.16. The molecule has 1 aliphatic rings. The minimum atomic E-state index is -0.466. The molecule has 8 nitrogen and oxygen atoms in total. The molecule has 2 aromatic rings. The Bertz CT molecular complexity index is 653. The van der Waals surface area contributed by atoms with Crippen molar-refractivity contribution in [3.8, 4) is 10.7 Å². The van der Waals surface area contributed by atoms with Crippen LogP contribution in [0.5, 0.6) is 0 Å². The number of nitrogens with zero attached hydrogens (tertiary/aromatic N) is 5. The SMILES string of the molecule is CC1C(=O)NCCN1C(=O)Cn1nnc(-c2cccs2)n1. The molecule has 9 heteroatoms. The molecular weight excluding hydrogens is 292 g/mol. The maximum absolute atomic E-state index is 12.2. The Kier molecular flexibility index (Phi) is 3.65. The van der Waals surface area contributed by atoms with E-state index in [-0.39, 0.29) is 18.4 Å². The van der Waals surface area contributed by atoms with Gasteiger partial charge in [0.25, 0.3) is 0 Å². The second-order valence-electron chi connectivity index (χ2n) is 4.67. The first-order valence-corrected chi connectivity index (χ1v) is 7.42. The molecule has 2 amide bonds. The van der Waals surface area contributed by atoms with Crippen molar-refractivity contribution in [2.24, 2.45) is 0 Å². The summed E-state index contributed by atoms with van der Waals surface area (Å²) in [6, 6.07) is 3.33. The van der Waals surface area contributed by atoms with Crippen molar-refractivity contribution in [2.75, 3.05) is 13.1 Å². The van der Waals surface area contributed by atoms with Crippen molar-refractivity contribution in [1.82, 2.24) is 30.4 Å². The lowest BCUT2D eigenvalue weighted by atomic mass is 10.2. The van der Waals surface area contributed by atoms with Crippen LogP contribution in [0.1, 0.15) is 6.92 Å². The molecule has 1 saturated heterocycles. The molecule has 1 atom stereocenters. The predicted molar refractivity (Wildman–Crippen MR) is 75.3 cm³/mol. The van der Waals surface area contributed by atoms with Gasteiger partial charge in [-0.05, 0) is 23.6 Å². The van der Waals surface area contributed by atoms with Crippen LogP contribution in [-0.2, 0) is 16.1 Å². The minimum absolute atomic E-state index is 0.0179. The molecule has 3 rings (SSSR count). The van der Waals surface area contributed by atoms with Gasteiger partial charge in [0.1, 0.15) is 12.6 Å². The Balaban J connectivity index is 1.69. The fourth-order valence-corrected chi connectivity index (χ4v) is 2.80. The fraction of sp³-hybridized carbons (Fsp3) is 0.417. The summed E-state index contributed by atoms with van der Waals surface area (Å²) in [6.45, 7) is 2.66. The molecule has 2 aromatic heterocycles. The van der Waals surface area contributed by atoms with Crippen molar-refractivity contribution >= 4 is 23.2 Å². The highest BCUT2D eigenvalue weighted by molar-refractivity contribution is 7.13. The molecule has 1 fully saturated rings. The molecule has 0 aliphatic carbocycles. The zero-order chi connectivity index (χ0) is 14.8. The maximum atomic E-state index is 12.2. The number of piperazine rings is 1. The maximum Gasteiger partial charge on any atom is 0.246 e. The minimum Gasteiger partial charge on any atom is -0.353 e. The Hall–Kier alpha value is -2.29. The predicted octanol–water partition coefficient (Wildman–Crippen LogP) is -0.251. The van der Waals surface area contributed by atoms with Crippen LogP contribution in [0.2, 0.25) is 0 Å². The van der Waals surface area contributed by atoms with Gasteiger partial charge >= 0.3 is 0 Å². The summed E-state index contributed by atoms with van der Waals surface area (Å²) in [5, 5.41) is 16.7. The van der Waals surface area contributed by atoms with Crippen LogP contribution >= 0.6 is 11.3 Å². The first-order chi connectivity index (χ1) is 10.1. The van der Waals surface area contributed by atoms with E-state index in [2.05, 4.69) is 20.7 Å². The van der Waals surface area contributed by atoms with Gasteiger partial charge in [0, 0.05) is 13.1 Å². The number of hydrogen-bond acceptors (Lipinski definition) is 6. The second kappa shape index (κ2) is 5.60. The Labute approximate surface area is 124 Å². The molecule has 0 spiro atoms. The summed E-state index contributed by atoms with van der Waals surface area (Å²) in [4.78, 5) is 27.5. The second-order valence-corrected chi connectivity index (χ2v) is 5.62. The highest BCUT2D eigenvalue weighted by atomic mass is 32.1. The third kappa shape index (κ3) is 2.77. The van der Waals surface area contributed by atoms with Crippen molar-refractivity contribution in [3.05, 3.63) is 17.5 Å². The highest BCUT2D eigenvalue weighted by Crippen LogP contribution is 2.19. The number of thiophene rings is 1. The van der Waals surface area contributed by atoms with Gasteiger partial charge in [0.05, 0.1) is 4.88 Å². The monoisotopic (exact) mass is 306 g/mol. The summed E-state index contributed by atoms with van der Waals surface area (Å²) >= 11 is 1.51. The van der Waals surface area contributed by atoms with Gasteiger partial charge in [-0.1, -0.05) is 6.07 Å². The van der Waals surface area contributed by atoms with Gasteiger partial charge in [0.2, 0.25) is 17.6 Å². The first kappa shape index (κ1) is 13.7. The van der Waals surface area contributed by atoms with E-state index < -0.39 is 6.04 Å². The van der Waals surface area contributed by atoms with E-state index in [0.29, 0.717) is 18.9 Å². The first-order valence-electron chi connectivity index (χ1n) is 6.54. The zero-order valence-electron chi connectivity index (χ0n) is 11.4.